The molecule has 19 heavy (non-hydrogen) atoms. The van der Waals surface area contributed by atoms with E-state index < -0.39 is 4.92 Å². The van der Waals surface area contributed by atoms with Crippen LogP contribution in [-0.2, 0) is 4.74 Å². The lowest BCUT2D eigenvalue weighted by Crippen LogP contribution is -2.31. The molecule has 1 N–H and O–H groups in total. The molecule has 1 fully saturated rings. The van der Waals surface area contributed by atoms with Crippen LogP contribution in [0.25, 0.3) is 0 Å². The van der Waals surface area contributed by atoms with Crippen LogP contribution in [0.3, 0.4) is 0 Å². The lowest BCUT2D eigenvalue weighted by molar-refractivity contribution is -0.384. The fourth-order valence-corrected chi connectivity index (χ4v) is 2.15. The summed E-state index contributed by atoms with van der Waals surface area (Å²) < 4.78 is 4.65. The first-order valence-corrected chi connectivity index (χ1v) is 5.94. The van der Waals surface area contributed by atoms with E-state index in [1.54, 1.807) is 23.1 Å². The van der Waals surface area contributed by atoms with Gasteiger partial charge in [-0.2, -0.15) is 0 Å². The second-order valence-corrected chi connectivity index (χ2v) is 4.32. The summed E-state index contributed by atoms with van der Waals surface area (Å²) in [6, 6.07) is 6.48. The topological polar surface area (TPSA) is 84.7 Å². The van der Waals surface area contributed by atoms with E-state index in [0.29, 0.717) is 18.8 Å². The van der Waals surface area contributed by atoms with Gasteiger partial charge in [0.2, 0.25) is 0 Å². The number of hydrogen-bond acceptors (Lipinski definition) is 5. The van der Waals surface area contributed by atoms with Gasteiger partial charge in [0.15, 0.2) is 0 Å². The Morgan fingerprint density at radius 3 is 2.95 bits per heavy atom. The highest BCUT2D eigenvalue weighted by Gasteiger charge is 2.27. The van der Waals surface area contributed by atoms with Gasteiger partial charge in [0.25, 0.3) is 5.69 Å². The summed E-state index contributed by atoms with van der Waals surface area (Å²) in [4.78, 5) is 23.4. The smallest absolute Gasteiger partial charge is 0.409 e. The lowest BCUT2D eigenvalue weighted by Gasteiger charge is -2.16. The molecule has 2 rings (SSSR count). The van der Waals surface area contributed by atoms with Gasteiger partial charge in [-0.05, 0) is 12.5 Å². The van der Waals surface area contributed by atoms with Crippen LogP contribution >= 0.6 is 0 Å². The average molecular weight is 265 g/mol. The number of carbonyl (C=O) groups is 1. The van der Waals surface area contributed by atoms with E-state index in [0.717, 1.165) is 6.42 Å². The summed E-state index contributed by atoms with van der Waals surface area (Å²) in [5.41, 5.74) is 0.517. The van der Waals surface area contributed by atoms with Crippen LogP contribution in [0.15, 0.2) is 24.3 Å². The van der Waals surface area contributed by atoms with Gasteiger partial charge in [-0.1, -0.05) is 12.1 Å². The summed E-state index contributed by atoms with van der Waals surface area (Å²) in [7, 11) is 1.34. The third kappa shape index (κ3) is 2.93. The van der Waals surface area contributed by atoms with Crippen molar-refractivity contribution in [3.63, 3.8) is 0 Å². The minimum absolute atomic E-state index is 0.000185. The number of nitrogens with one attached hydrogen (secondary N) is 1. The molecule has 0 radical (unpaired) electrons. The Balaban J connectivity index is 2.03. The molecule has 7 nitrogen and oxygen atoms in total. The number of amides is 1. The monoisotopic (exact) mass is 265 g/mol. The first-order valence-electron chi connectivity index (χ1n) is 5.94. The van der Waals surface area contributed by atoms with E-state index in [2.05, 4.69) is 10.1 Å². The maximum Gasteiger partial charge on any atom is 0.409 e. The zero-order chi connectivity index (χ0) is 13.8. The van der Waals surface area contributed by atoms with Crippen molar-refractivity contribution >= 4 is 17.5 Å². The van der Waals surface area contributed by atoms with Gasteiger partial charge in [0, 0.05) is 25.2 Å². The molecule has 0 saturated carbocycles. The number of rotatable bonds is 3. The van der Waals surface area contributed by atoms with Crippen LogP contribution < -0.4 is 5.32 Å². The third-order valence-corrected chi connectivity index (χ3v) is 3.08. The normalized spacial score (nSPS) is 18.2. The molecule has 0 bridgehead atoms. The molecule has 0 spiro atoms. The number of benzene rings is 1. The highest BCUT2D eigenvalue weighted by molar-refractivity contribution is 5.68. The van der Waals surface area contributed by atoms with Gasteiger partial charge in [-0.15, -0.1) is 0 Å². The van der Waals surface area contributed by atoms with E-state index in [9.17, 15) is 14.9 Å². The lowest BCUT2D eigenvalue weighted by atomic mass is 10.2. The van der Waals surface area contributed by atoms with Crippen molar-refractivity contribution in [2.45, 2.75) is 12.5 Å². The maximum absolute atomic E-state index is 11.4. The largest absolute Gasteiger partial charge is 0.453 e. The Kier molecular flexibility index (Phi) is 3.84. The number of likely N-dealkylation sites (tertiary alicyclic amines) is 1. The Morgan fingerprint density at radius 1 is 1.53 bits per heavy atom. The summed E-state index contributed by atoms with van der Waals surface area (Å²) in [5.74, 6) is 0. The molecule has 1 amide bonds. The number of ether oxygens (including phenoxy) is 1. The average Bonchev–Trinajstić information content (AvgIpc) is 2.86. The summed E-state index contributed by atoms with van der Waals surface area (Å²) in [5, 5.41) is 14.0. The van der Waals surface area contributed by atoms with Crippen molar-refractivity contribution in [3.8, 4) is 0 Å². The van der Waals surface area contributed by atoms with Gasteiger partial charge in [-0.25, -0.2) is 4.79 Å². The second-order valence-electron chi connectivity index (χ2n) is 4.32. The van der Waals surface area contributed by atoms with Gasteiger partial charge in [0.1, 0.15) is 5.69 Å². The molecule has 0 aromatic heterocycles. The van der Waals surface area contributed by atoms with Crippen molar-refractivity contribution in [1.29, 1.82) is 0 Å². The standard InChI is InChI=1S/C12H15N3O4/c1-19-12(16)14-7-6-9(8-14)13-10-4-2-3-5-11(10)15(17)18/h2-5,9,13H,6-8H2,1H3. The van der Waals surface area contributed by atoms with Crippen LogP contribution in [0.5, 0.6) is 0 Å². The highest BCUT2D eigenvalue weighted by atomic mass is 16.6. The molecule has 102 valence electrons. The molecular formula is C12H15N3O4. The number of nitrogens with zero attached hydrogens (tertiary/aromatic N) is 2. The number of carbonyl (C=O) groups excluding carboxylic acids is 1. The second kappa shape index (κ2) is 5.55. The Morgan fingerprint density at radius 2 is 2.26 bits per heavy atom. The van der Waals surface area contributed by atoms with Crippen molar-refractivity contribution in [2.24, 2.45) is 0 Å². The summed E-state index contributed by atoms with van der Waals surface area (Å²) in [6.45, 7) is 1.07. The van der Waals surface area contributed by atoms with Crippen LogP contribution in [0.1, 0.15) is 6.42 Å². The SMILES string of the molecule is COC(=O)N1CCC(Nc2ccccc2[N+](=O)[O-])C1. The molecule has 7 heteroatoms. The molecule has 1 aliphatic heterocycles. The molecule has 1 aromatic carbocycles. The predicted molar refractivity (Wildman–Crippen MR) is 69.1 cm³/mol. The number of nitro groups is 1. The molecule has 1 aromatic rings. The molecule has 1 aliphatic rings. The van der Waals surface area contributed by atoms with E-state index >= 15 is 0 Å². The van der Waals surface area contributed by atoms with E-state index in [-0.39, 0.29) is 17.8 Å². The summed E-state index contributed by atoms with van der Waals surface area (Å²) >= 11 is 0. The van der Waals surface area contributed by atoms with E-state index in [1.165, 1.54) is 13.2 Å². The van der Waals surface area contributed by atoms with Crippen LogP contribution in [0, 0.1) is 10.1 Å². The number of anilines is 1. The Labute approximate surface area is 110 Å². The quantitative estimate of drug-likeness (QED) is 0.666. The number of methoxy groups -OCH3 is 1. The van der Waals surface area contributed by atoms with Crippen molar-refractivity contribution in [1.82, 2.24) is 4.90 Å². The molecule has 1 heterocycles. The molecule has 1 unspecified atom stereocenters. The van der Waals surface area contributed by atoms with E-state index in [4.69, 9.17) is 0 Å². The first-order chi connectivity index (χ1) is 9.11. The van der Waals surface area contributed by atoms with Gasteiger partial charge >= 0.3 is 6.09 Å². The molecule has 1 saturated heterocycles. The zero-order valence-electron chi connectivity index (χ0n) is 10.5. The maximum atomic E-state index is 11.4. The highest BCUT2D eigenvalue weighted by Crippen LogP contribution is 2.25. The number of para-hydroxylation sites is 2. The molecule has 0 aliphatic carbocycles. The van der Waals surface area contributed by atoms with Crippen LogP contribution in [0.2, 0.25) is 0 Å². The minimum Gasteiger partial charge on any atom is -0.453 e. The van der Waals surface area contributed by atoms with Crippen molar-refractivity contribution in [3.05, 3.63) is 34.4 Å². The predicted octanol–water partition coefficient (Wildman–Crippen LogP) is 1.85. The Bertz CT molecular complexity index is 492. The fourth-order valence-electron chi connectivity index (χ4n) is 2.15. The van der Waals surface area contributed by atoms with Crippen LogP contribution in [0.4, 0.5) is 16.2 Å². The van der Waals surface area contributed by atoms with Gasteiger partial charge < -0.3 is 15.0 Å². The molecular weight excluding hydrogens is 250 g/mol. The zero-order valence-corrected chi connectivity index (χ0v) is 10.5. The van der Waals surface area contributed by atoms with Gasteiger partial charge in [0.05, 0.1) is 12.0 Å². The number of nitro benzene ring substituents is 1. The van der Waals surface area contributed by atoms with Gasteiger partial charge in [-0.3, -0.25) is 10.1 Å². The summed E-state index contributed by atoms with van der Waals surface area (Å²) in [6.07, 6.45) is 0.369. The Hall–Kier alpha value is -2.31. The first kappa shape index (κ1) is 13.1. The fraction of sp³-hybridized carbons (Fsp3) is 0.417. The number of hydrogen-bond donors (Lipinski definition) is 1. The van der Waals surface area contributed by atoms with Crippen molar-refractivity contribution < 1.29 is 14.5 Å². The third-order valence-electron chi connectivity index (χ3n) is 3.08. The van der Waals surface area contributed by atoms with Crippen LogP contribution in [-0.4, -0.2) is 42.2 Å². The molecule has 1 atom stereocenters. The minimum atomic E-state index is -0.421. The van der Waals surface area contributed by atoms with E-state index in [1.807, 2.05) is 0 Å². The van der Waals surface area contributed by atoms with Crippen molar-refractivity contribution in [2.75, 3.05) is 25.5 Å².